The lowest BCUT2D eigenvalue weighted by Gasteiger charge is -2.29. The number of carbonyl (C=O) groups excluding carboxylic acids is 3. The SMILES string of the molecule is CC1(C)OC(=O)C(=CNc2ccccc2N2CCOC2=O)C(=O)O1. The van der Waals surface area contributed by atoms with E-state index in [2.05, 4.69) is 5.32 Å². The zero-order chi connectivity index (χ0) is 17.3. The van der Waals surface area contributed by atoms with Crippen LogP contribution in [0.4, 0.5) is 16.2 Å². The first-order valence-electron chi connectivity index (χ1n) is 7.34. The van der Waals surface area contributed by atoms with Crippen LogP contribution in [-0.4, -0.2) is 37.0 Å². The Morgan fingerprint density at radius 1 is 1.12 bits per heavy atom. The van der Waals surface area contributed by atoms with E-state index in [1.807, 2.05) is 0 Å². The van der Waals surface area contributed by atoms with E-state index in [0.29, 0.717) is 24.5 Å². The van der Waals surface area contributed by atoms with Crippen LogP contribution < -0.4 is 10.2 Å². The van der Waals surface area contributed by atoms with Gasteiger partial charge in [-0.05, 0) is 12.1 Å². The van der Waals surface area contributed by atoms with Crippen LogP contribution in [0.3, 0.4) is 0 Å². The Hall–Kier alpha value is -3.03. The molecule has 0 unspecified atom stereocenters. The van der Waals surface area contributed by atoms with Gasteiger partial charge in [-0.15, -0.1) is 0 Å². The van der Waals surface area contributed by atoms with Crippen LogP contribution in [0.1, 0.15) is 13.8 Å². The summed E-state index contributed by atoms with van der Waals surface area (Å²) in [7, 11) is 0. The summed E-state index contributed by atoms with van der Waals surface area (Å²) in [6.07, 6.45) is 0.760. The van der Waals surface area contributed by atoms with Gasteiger partial charge >= 0.3 is 18.0 Å². The van der Waals surface area contributed by atoms with Crippen molar-refractivity contribution < 1.29 is 28.6 Å². The quantitative estimate of drug-likeness (QED) is 0.512. The number of anilines is 2. The standard InChI is InChI=1S/C16H16N2O6/c1-16(2)23-13(19)10(14(20)24-16)9-17-11-5-3-4-6-12(11)18-7-8-22-15(18)21/h3-6,9,17H,7-8H2,1-2H3. The van der Waals surface area contributed by atoms with Gasteiger partial charge in [0.1, 0.15) is 6.61 Å². The first-order valence-corrected chi connectivity index (χ1v) is 7.34. The minimum absolute atomic E-state index is 0.256. The minimum atomic E-state index is -1.29. The smallest absolute Gasteiger partial charge is 0.414 e. The summed E-state index contributed by atoms with van der Waals surface area (Å²) in [4.78, 5) is 37.0. The van der Waals surface area contributed by atoms with Gasteiger partial charge in [-0.1, -0.05) is 12.1 Å². The van der Waals surface area contributed by atoms with Crippen molar-refractivity contribution in [3.63, 3.8) is 0 Å². The van der Waals surface area contributed by atoms with Gasteiger partial charge in [0.15, 0.2) is 5.57 Å². The zero-order valence-electron chi connectivity index (χ0n) is 13.2. The lowest BCUT2D eigenvalue weighted by Crippen LogP contribution is -2.42. The summed E-state index contributed by atoms with van der Waals surface area (Å²) in [5, 5.41) is 2.86. The van der Waals surface area contributed by atoms with Gasteiger partial charge in [-0.2, -0.15) is 0 Å². The van der Waals surface area contributed by atoms with Gasteiger partial charge < -0.3 is 19.5 Å². The maximum atomic E-state index is 11.9. The molecule has 1 N–H and O–H groups in total. The van der Waals surface area contributed by atoms with Crippen molar-refractivity contribution in [2.24, 2.45) is 0 Å². The molecule has 2 fully saturated rings. The summed E-state index contributed by atoms with van der Waals surface area (Å²) in [6.45, 7) is 3.68. The predicted octanol–water partition coefficient (Wildman–Crippen LogP) is 1.78. The van der Waals surface area contributed by atoms with E-state index in [-0.39, 0.29) is 5.57 Å². The number of nitrogens with one attached hydrogen (secondary N) is 1. The van der Waals surface area contributed by atoms with Crippen molar-refractivity contribution >= 4 is 29.4 Å². The Morgan fingerprint density at radius 3 is 2.42 bits per heavy atom. The molecule has 2 saturated heterocycles. The molecule has 24 heavy (non-hydrogen) atoms. The molecule has 1 aromatic rings. The number of cyclic esters (lactones) is 3. The van der Waals surface area contributed by atoms with Crippen molar-refractivity contribution in [1.82, 2.24) is 0 Å². The molecule has 0 bridgehead atoms. The largest absolute Gasteiger partial charge is 0.447 e. The van der Waals surface area contributed by atoms with Crippen LogP contribution >= 0.6 is 0 Å². The predicted molar refractivity (Wildman–Crippen MR) is 83.1 cm³/mol. The Bertz CT molecular complexity index is 718. The lowest BCUT2D eigenvalue weighted by atomic mass is 10.2. The van der Waals surface area contributed by atoms with Crippen LogP contribution in [0.15, 0.2) is 36.0 Å². The third-order valence-corrected chi connectivity index (χ3v) is 3.44. The van der Waals surface area contributed by atoms with Gasteiger partial charge in [0.25, 0.3) is 5.79 Å². The molecule has 2 aliphatic heterocycles. The van der Waals surface area contributed by atoms with E-state index in [4.69, 9.17) is 14.2 Å². The fourth-order valence-corrected chi connectivity index (χ4v) is 2.37. The molecule has 0 saturated carbocycles. The first kappa shape index (κ1) is 15.9. The number of para-hydroxylation sites is 2. The number of rotatable bonds is 3. The van der Waals surface area contributed by atoms with Crippen LogP contribution in [0, 0.1) is 0 Å². The van der Waals surface area contributed by atoms with Crippen LogP contribution in [0.5, 0.6) is 0 Å². The number of benzene rings is 1. The van der Waals surface area contributed by atoms with Gasteiger partial charge in [-0.3, -0.25) is 4.90 Å². The Morgan fingerprint density at radius 2 is 1.79 bits per heavy atom. The van der Waals surface area contributed by atoms with Gasteiger partial charge in [-0.25, -0.2) is 14.4 Å². The molecule has 0 spiro atoms. The molecule has 8 heteroatoms. The van der Waals surface area contributed by atoms with E-state index < -0.39 is 23.8 Å². The van der Waals surface area contributed by atoms with E-state index in [1.54, 1.807) is 24.3 Å². The second-order valence-corrected chi connectivity index (χ2v) is 5.66. The highest BCUT2D eigenvalue weighted by Gasteiger charge is 2.39. The van der Waals surface area contributed by atoms with Crippen molar-refractivity contribution in [2.75, 3.05) is 23.4 Å². The number of hydrogen-bond donors (Lipinski definition) is 1. The summed E-state index contributed by atoms with van der Waals surface area (Å²) >= 11 is 0. The first-order chi connectivity index (χ1) is 11.4. The Labute approximate surface area is 138 Å². The van der Waals surface area contributed by atoms with Crippen LogP contribution in [0.2, 0.25) is 0 Å². The highest BCUT2D eigenvalue weighted by atomic mass is 16.7. The van der Waals surface area contributed by atoms with Gasteiger partial charge in [0.05, 0.1) is 17.9 Å². The summed E-state index contributed by atoms with van der Waals surface area (Å²) in [5.41, 5.74) is 0.858. The molecule has 1 amide bonds. The normalized spacial score (nSPS) is 19.5. The summed E-state index contributed by atoms with van der Waals surface area (Å²) < 4.78 is 15.0. The Kier molecular flexibility index (Phi) is 3.88. The van der Waals surface area contributed by atoms with E-state index in [1.165, 1.54) is 24.9 Å². The molecule has 0 aliphatic carbocycles. The zero-order valence-corrected chi connectivity index (χ0v) is 13.2. The van der Waals surface area contributed by atoms with Gasteiger partial charge in [0, 0.05) is 20.0 Å². The molecule has 0 atom stereocenters. The number of ether oxygens (including phenoxy) is 3. The van der Waals surface area contributed by atoms with Gasteiger partial charge in [0.2, 0.25) is 0 Å². The molecule has 0 aromatic heterocycles. The average Bonchev–Trinajstić information content (AvgIpc) is 2.91. The van der Waals surface area contributed by atoms with Crippen LogP contribution in [-0.2, 0) is 23.8 Å². The van der Waals surface area contributed by atoms with E-state index in [9.17, 15) is 14.4 Å². The average molecular weight is 332 g/mol. The lowest BCUT2D eigenvalue weighted by molar-refractivity contribution is -0.222. The number of carbonyl (C=O) groups is 3. The van der Waals surface area contributed by atoms with E-state index in [0.717, 1.165) is 0 Å². The van der Waals surface area contributed by atoms with E-state index >= 15 is 0 Å². The van der Waals surface area contributed by atoms with Crippen LogP contribution in [0.25, 0.3) is 0 Å². The third kappa shape index (κ3) is 3.03. The number of nitrogens with zero attached hydrogens (tertiary/aromatic N) is 1. The topological polar surface area (TPSA) is 94.2 Å². The highest BCUT2D eigenvalue weighted by Crippen LogP contribution is 2.29. The van der Waals surface area contributed by atoms with Crippen molar-refractivity contribution in [3.8, 4) is 0 Å². The minimum Gasteiger partial charge on any atom is -0.447 e. The van der Waals surface area contributed by atoms with Crippen molar-refractivity contribution in [2.45, 2.75) is 19.6 Å². The summed E-state index contributed by atoms with van der Waals surface area (Å²) in [5.74, 6) is -2.84. The molecule has 3 rings (SSSR count). The second kappa shape index (κ2) is 5.88. The third-order valence-electron chi connectivity index (χ3n) is 3.44. The molecule has 1 aromatic carbocycles. The molecule has 126 valence electrons. The number of hydrogen-bond acceptors (Lipinski definition) is 7. The maximum absolute atomic E-state index is 11.9. The maximum Gasteiger partial charge on any atom is 0.414 e. The molecule has 2 aliphatic rings. The Balaban J connectivity index is 1.83. The number of amides is 1. The number of esters is 2. The molecular formula is C16H16N2O6. The fourth-order valence-electron chi connectivity index (χ4n) is 2.37. The summed E-state index contributed by atoms with van der Waals surface area (Å²) in [6, 6.07) is 6.97. The van der Waals surface area contributed by atoms with Crippen molar-refractivity contribution in [1.29, 1.82) is 0 Å². The monoisotopic (exact) mass is 332 g/mol. The van der Waals surface area contributed by atoms with Crippen molar-refractivity contribution in [3.05, 3.63) is 36.0 Å². The fraction of sp³-hybridized carbons (Fsp3) is 0.312. The molecule has 0 radical (unpaired) electrons. The molecule has 8 nitrogen and oxygen atoms in total. The highest BCUT2D eigenvalue weighted by molar-refractivity contribution is 6.15. The molecule has 2 heterocycles. The second-order valence-electron chi connectivity index (χ2n) is 5.66. The molecular weight excluding hydrogens is 316 g/mol.